The quantitative estimate of drug-likeness (QED) is 0.638. The van der Waals surface area contributed by atoms with Gasteiger partial charge in [0.15, 0.2) is 5.58 Å². The number of nitrogens with zero attached hydrogens (tertiary/aromatic N) is 1. The Morgan fingerprint density at radius 1 is 1.42 bits per heavy atom. The lowest BCUT2D eigenvalue weighted by Crippen LogP contribution is -2.24. The van der Waals surface area contributed by atoms with E-state index in [1.54, 1.807) is 12.3 Å². The number of fused-ring (bicyclic) bond motifs is 1. The van der Waals surface area contributed by atoms with Crippen molar-refractivity contribution in [1.82, 2.24) is 15.6 Å². The molecule has 0 saturated carbocycles. The van der Waals surface area contributed by atoms with Gasteiger partial charge in [-0.3, -0.25) is 24.7 Å². The molecule has 124 valence electrons. The van der Waals surface area contributed by atoms with E-state index in [9.17, 15) is 14.4 Å². The number of amides is 3. The fraction of sp³-hybridized carbons (Fsp3) is 0.250. The summed E-state index contributed by atoms with van der Waals surface area (Å²) in [6.45, 7) is 2.63. The number of imide groups is 1. The van der Waals surface area contributed by atoms with Crippen molar-refractivity contribution in [3.8, 4) is 0 Å². The van der Waals surface area contributed by atoms with E-state index in [2.05, 4.69) is 15.6 Å². The number of rotatable bonds is 5. The minimum Gasteiger partial charge on any atom is -0.456 e. The number of carbonyl (C=O) groups excluding carboxylic acids is 3. The number of carbonyl (C=O) groups is 3. The highest BCUT2D eigenvalue weighted by Crippen LogP contribution is 2.29. The Morgan fingerprint density at radius 2 is 2.25 bits per heavy atom. The Morgan fingerprint density at radius 3 is 2.96 bits per heavy atom. The van der Waals surface area contributed by atoms with Crippen molar-refractivity contribution in [1.29, 1.82) is 0 Å². The molecular formula is C16H15N3O4S. The van der Waals surface area contributed by atoms with Crippen LogP contribution in [0.5, 0.6) is 0 Å². The summed E-state index contributed by atoms with van der Waals surface area (Å²) in [5.74, 6) is -0.327. The number of thioether (sulfide) groups is 1. The molecule has 2 aromatic rings. The smallest absolute Gasteiger partial charge is 0.290 e. The zero-order valence-electron chi connectivity index (χ0n) is 12.9. The van der Waals surface area contributed by atoms with Crippen LogP contribution in [0.4, 0.5) is 4.79 Å². The Bertz CT molecular complexity index is 856. The number of unbranched alkanes of at least 4 members (excludes halogenated alkanes) is 1. The van der Waals surface area contributed by atoms with Crippen LogP contribution in [0.25, 0.3) is 17.0 Å². The minimum atomic E-state index is -0.457. The number of pyridine rings is 1. The minimum absolute atomic E-state index is 0.251. The molecule has 8 heteroatoms. The summed E-state index contributed by atoms with van der Waals surface area (Å²) in [6.07, 6.45) is 6.38. The molecule has 1 aliphatic heterocycles. The first-order chi connectivity index (χ1) is 11.6. The van der Waals surface area contributed by atoms with Gasteiger partial charge in [-0.15, -0.1) is 0 Å². The van der Waals surface area contributed by atoms with Crippen molar-refractivity contribution in [3.05, 3.63) is 34.7 Å². The van der Waals surface area contributed by atoms with Gasteiger partial charge in [-0.05, 0) is 24.2 Å². The molecule has 3 amide bonds. The molecule has 0 radical (unpaired) electrons. The molecule has 7 nitrogen and oxygen atoms in total. The van der Waals surface area contributed by atoms with E-state index >= 15 is 0 Å². The number of hydrogen-bond donors (Lipinski definition) is 2. The molecule has 2 N–H and O–H groups in total. The van der Waals surface area contributed by atoms with Crippen LogP contribution in [0.3, 0.4) is 0 Å². The van der Waals surface area contributed by atoms with Gasteiger partial charge in [-0.25, -0.2) is 0 Å². The molecule has 0 spiro atoms. The first kappa shape index (κ1) is 16.3. The largest absolute Gasteiger partial charge is 0.456 e. The van der Waals surface area contributed by atoms with Crippen LogP contribution in [-0.4, -0.2) is 28.6 Å². The van der Waals surface area contributed by atoms with Crippen molar-refractivity contribution in [3.63, 3.8) is 0 Å². The summed E-state index contributed by atoms with van der Waals surface area (Å²) in [7, 11) is 0. The molecule has 0 aliphatic carbocycles. The van der Waals surface area contributed by atoms with Crippen molar-refractivity contribution in [2.75, 3.05) is 6.54 Å². The fourth-order valence-electron chi connectivity index (χ4n) is 2.24. The van der Waals surface area contributed by atoms with Crippen molar-refractivity contribution in [2.45, 2.75) is 19.8 Å². The first-order valence-corrected chi connectivity index (χ1v) is 8.30. The topological polar surface area (TPSA) is 101 Å². The van der Waals surface area contributed by atoms with Crippen LogP contribution in [0.15, 0.2) is 27.8 Å². The molecule has 2 aromatic heterocycles. The fourth-order valence-corrected chi connectivity index (χ4v) is 2.90. The summed E-state index contributed by atoms with van der Waals surface area (Å²) in [5.41, 5.74) is 0.744. The van der Waals surface area contributed by atoms with Crippen LogP contribution in [-0.2, 0) is 4.79 Å². The van der Waals surface area contributed by atoms with Gasteiger partial charge in [0.25, 0.3) is 17.1 Å². The Labute approximate surface area is 141 Å². The Kier molecular flexibility index (Phi) is 4.66. The lowest BCUT2D eigenvalue weighted by atomic mass is 10.2. The average Bonchev–Trinajstić information content (AvgIpc) is 3.09. The van der Waals surface area contributed by atoms with Crippen LogP contribution < -0.4 is 10.6 Å². The van der Waals surface area contributed by atoms with Gasteiger partial charge >= 0.3 is 0 Å². The number of aromatic nitrogens is 1. The van der Waals surface area contributed by atoms with Gasteiger partial charge in [-0.1, -0.05) is 13.3 Å². The van der Waals surface area contributed by atoms with Crippen LogP contribution in [0.1, 0.15) is 35.9 Å². The maximum atomic E-state index is 12.2. The highest BCUT2D eigenvalue weighted by molar-refractivity contribution is 8.18. The van der Waals surface area contributed by atoms with E-state index in [-0.39, 0.29) is 10.8 Å². The molecule has 0 unspecified atom stereocenters. The third-order valence-corrected chi connectivity index (χ3v) is 4.23. The SMILES string of the molecule is CCCCNC(=O)c1cncc2cc(C=C3SC(=O)NC3=O)oc12. The van der Waals surface area contributed by atoms with Gasteiger partial charge in [0.05, 0.1) is 4.91 Å². The van der Waals surface area contributed by atoms with Gasteiger partial charge in [0.2, 0.25) is 0 Å². The first-order valence-electron chi connectivity index (χ1n) is 7.49. The van der Waals surface area contributed by atoms with Crippen LogP contribution in [0, 0.1) is 0 Å². The predicted molar refractivity (Wildman–Crippen MR) is 90.4 cm³/mol. The second-order valence-corrected chi connectivity index (χ2v) is 6.23. The third kappa shape index (κ3) is 3.33. The molecule has 24 heavy (non-hydrogen) atoms. The number of furan rings is 1. The van der Waals surface area contributed by atoms with Gasteiger partial charge < -0.3 is 9.73 Å². The standard InChI is InChI=1S/C16H15N3O4S/c1-2-3-4-18-14(20)11-8-17-7-9-5-10(23-13(9)11)6-12-15(21)19-16(22)24-12/h5-8H,2-4H2,1H3,(H,18,20)(H,19,21,22). The van der Waals surface area contributed by atoms with E-state index in [0.29, 0.717) is 28.8 Å². The summed E-state index contributed by atoms with van der Waals surface area (Å²) in [4.78, 5) is 39.3. The third-order valence-electron chi connectivity index (χ3n) is 3.42. The Balaban J connectivity index is 1.90. The van der Waals surface area contributed by atoms with E-state index in [0.717, 1.165) is 24.6 Å². The highest BCUT2D eigenvalue weighted by atomic mass is 32.2. The highest BCUT2D eigenvalue weighted by Gasteiger charge is 2.25. The number of hydrogen-bond acceptors (Lipinski definition) is 6. The molecule has 0 bridgehead atoms. The average molecular weight is 345 g/mol. The summed E-state index contributed by atoms with van der Waals surface area (Å²) in [6, 6.07) is 1.68. The van der Waals surface area contributed by atoms with Crippen molar-refractivity contribution >= 4 is 45.9 Å². The molecule has 1 aliphatic rings. The maximum absolute atomic E-state index is 12.2. The second kappa shape index (κ2) is 6.88. The van der Waals surface area contributed by atoms with Gasteiger partial charge in [0, 0.05) is 30.4 Å². The molecule has 1 saturated heterocycles. The normalized spacial score (nSPS) is 16.0. The van der Waals surface area contributed by atoms with E-state index < -0.39 is 11.1 Å². The van der Waals surface area contributed by atoms with E-state index in [4.69, 9.17) is 4.42 Å². The number of nitrogens with one attached hydrogen (secondary N) is 2. The van der Waals surface area contributed by atoms with Gasteiger partial charge in [0.1, 0.15) is 11.3 Å². The zero-order valence-corrected chi connectivity index (χ0v) is 13.7. The van der Waals surface area contributed by atoms with Gasteiger partial charge in [-0.2, -0.15) is 0 Å². The summed E-state index contributed by atoms with van der Waals surface area (Å²) >= 11 is 0.809. The molecule has 0 aromatic carbocycles. The van der Waals surface area contributed by atoms with E-state index in [1.807, 2.05) is 6.92 Å². The predicted octanol–water partition coefficient (Wildman–Crippen LogP) is 2.68. The Hall–Kier alpha value is -2.61. The van der Waals surface area contributed by atoms with Crippen molar-refractivity contribution in [2.24, 2.45) is 0 Å². The lowest BCUT2D eigenvalue weighted by molar-refractivity contribution is -0.115. The van der Waals surface area contributed by atoms with E-state index in [1.165, 1.54) is 12.3 Å². The van der Waals surface area contributed by atoms with Crippen LogP contribution >= 0.6 is 11.8 Å². The summed E-state index contributed by atoms with van der Waals surface area (Å²) < 4.78 is 5.69. The lowest BCUT2D eigenvalue weighted by Gasteiger charge is -2.04. The maximum Gasteiger partial charge on any atom is 0.290 e. The molecule has 3 rings (SSSR count). The molecule has 1 fully saturated rings. The van der Waals surface area contributed by atoms with Crippen LogP contribution in [0.2, 0.25) is 0 Å². The molecule has 0 atom stereocenters. The van der Waals surface area contributed by atoms with Crippen molar-refractivity contribution < 1.29 is 18.8 Å². The summed E-state index contributed by atoms with van der Waals surface area (Å²) in [5, 5.41) is 5.23. The zero-order chi connectivity index (χ0) is 17.1. The second-order valence-electron chi connectivity index (χ2n) is 5.22. The molecule has 3 heterocycles. The molecular weight excluding hydrogens is 330 g/mol. The monoisotopic (exact) mass is 345 g/mol.